The number of piperidine rings is 1. The highest BCUT2D eigenvalue weighted by Crippen LogP contribution is 2.16. The number of halogens is 2. The quantitative estimate of drug-likeness (QED) is 0.897. The lowest BCUT2D eigenvalue weighted by Crippen LogP contribution is -2.39. The molecule has 4 nitrogen and oxygen atoms in total. The summed E-state index contributed by atoms with van der Waals surface area (Å²) in [7, 11) is 1.67. The first-order valence-electron chi connectivity index (χ1n) is 7.27. The van der Waals surface area contributed by atoms with Crippen LogP contribution >= 0.6 is 0 Å². The maximum absolute atomic E-state index is 13.5. The Bertz CT molecular complexity index is 490. The standard InChI is InChI=1S/C15H21F2N3O/c1-20(9-7-12-4-2-3-8-18-12)15(21)19-14-6-5-11(16)10-13(14)17/h5-6,10,12,18H,2-4,7-9H2,1H3,(H,19,21). The molecule has 1 aliphatic rings. The Labute approximate surface area is 123 Å². The van der Waals surface area contributed by atoms with Gasteiger partial charge in [-0.1, -0.05) is 6.42 Å². The Morgan fingerprint density at radius 2 is 2.24 bits per heavy atom. The summed E-state index contributed by atoms with van der Waals surface area (Å²) < 4.78 is 26.3. The largest absolute Gasteiger partial charge is 0.328 e. The predicted molar refractivity (Wildman–Crippen MR) is 78.3 cm³/mol. The highest BCUT2D eigenvalue weighted by atomic mass is 19.1. The molecule has 6 heteroatoms. The van der Waals surface area contributed by atoms with E-state index < -0.39 is 17.7 Å². The molecule has 1 heterocycles. The molecule has 1 atom stereocenters. The van der Waals surface area contributed by atoms with Crippen molar-refractivity contribution in [2.75, 3.05) is 25.5 Å². The molecule has 0 bridgehead atoms. The van der Waals surface area contributed by atoms with Gasteiger partial charge in [-0.2, -0.15) is 0 Å². The average molecular weight is 297 g/mol. The topological polar surface area (TPSA) is 44.4 Å². The first kappa shape index (κ1) is 15.7. The van der Waals surface area contributed by atoms with Crippen LogP contribution in [0.4, 0.5) is 19.3 Å². The molecule has 1 aromatic rings. The van der Waals surface area contributed by atoms with Crippen molar-refractivity contribution in [1.82, 2.24) is 10.2 Å². The van der Waals surface area contributed by atoms with E-state index in [0.717, 1.165) is 31.5 Å². The summed E-state index contributed by atoms with van der Waals surface area (Å²) >= 11 is 0. The molecule has 116 valence electrons. The van der Waals surface area contributed by atoms with Crippen molar-refractivity contribution in [3.8, 4) is 0 Å². The van der Waals surface area contributed by atoms with Crippen LogP contribution in [0.3, 0.4) is 0 Å². The number of rotatable bonds is 4. The molecule has 0 aliphatic carbocycles. The Balaban J connectivity index is 1.81. The van der Waals surface area contributed by atoms with Crippen molar-refractivity contribution in [1.29, 1.82) is 0 Å². The molecule has 0 radical (unpaired) electrons. The monoisotopic (exact) mass is 297 g/mol. The van der Waals surface area contributed by atoms with Crippen molar-refractivity contribution in [2.45, 2.75) is 31.7 Å². The summed E-state index contributed by atoms with van der Waals surface area (Å²) in [6.45, 7) is 1.62. The first-order chi connectivity index (χ1) is 10.1. The molecule has 2 N–H and O–H groups in total. The summed E-state index contributed by atoms with van der Waals surface area (Å²) in [5.74, 6) is -1.44. The predicted octanol–water partition coefficient (Wildman–Crippen LogP) is 2.96. The van der Waals surface area contributed by atoms with E-state index in [4.69, 9.17) is 0 Å². The lowest BCUT2D eigenvalue weighted by molar-refractivity contribution is 0.218. The Morgan fingerprint density at radius 1 is 1.43 bits per heavy atom. The number of carbonyl (C=O) groups is 1. The molecule has 0 saturated carbocycles. The molecular weight excluding hydrogens is 276 g/mol. The van der Waals surface area contributed by atoms with Gasteiger partial charge in [0.05, 0.1) is 5.69 Å². The van der Waals surface area contributed by atoms with Crippen molar-refractivity contribution in [3.63, 3.8) is 0 Å². The van der Waals surface area contributed by atoms with E-state index in [1.807, 2.05) is 0 Å². The Morgan fingerprint density at radius 3 is 2.90 bits per heavy atom. The second kappa shape index (κ2) is 7.36. The summed E-state index contributed by atoms with van der Waals surface area (Å²) in [6, 6.07) is 3.14. The van der Waals surface area contributed by atoms with Crippen LogP contribution in [-0.2, 0) is 0 Å². The van der Waals surface area contributed by atoms with E-state index in [2.05, 4.69) is 10.6 Å². The number of nitrogens with one attached hydrogen (secondary N) is 2. The van der Waals surface area contributed by atoms with E-state index >= 15 is 0 Å². The number of anilines is 1. The molecule has 1 fully saturated rings. The first-order valence-corrected chi connectivity index (χ1v) is 7.27. The van der Waals surface area contributed by atoms with E-state index in [9.17, 15) is 13.6 Å². The van der Waals surface area contributed by atoms with Crippen LogP contribution in [-0.4, -0.2) is 37.1 Å². The fraction of sp³-hybridized carbons (Fsp3) is 0.533. The van der Waals surface area contributed by atoms with Crippen LogP contribution in [0.25, 0.3) is 0 Å². The number of carbonyl (C=O) groups excluding carboxylic acids is 1. The van der Waals surface area contributed by atoms with Gasteiger partial charge in [0.15, 0.2) is 0 Å². The van der Waals surface area contributed by atoms with Gasteiger partial charge in [0, 0.05) is 25.7 Å². The molecule has 0 spiro atoms. The number of hydrogen-bond donors (Lipinski definition) is 2. The van der Waals surface area contributed by atoms with Crippen molar-refractivity contribution in [3.05, 3.63) is 29.8 Å². The van der Waals surface area contributed by atoms with Gasteiger partial charge in [-0.25, -0.2) is 13.6 Å². The van der Waals surface area contributed by atoms with E-state index in [1.165, 1.54) is 23.8 Å². The van der Waals surface area contributed by atoms with Crippen LogP contribution in [0.15, 0.2) is 18.2 Å². The summed E-state index contributed by atoms with van der Waals surface area (Å²) in [4.78, 5) is 13.5. The number of benzene rings is 1. The van der Waals surface area contributed by atoms with Gasteiger partial charge < -0.3 is 15.5 Å². The van der Waals surface area contributed by atoms with E-state index in [1.54, 1.807) is 7.05 Å². The fourth-order valence-corrected chi connectivity index (χ4v) is 2.42. The van der Waals surface area contributed by atoms with E-state index in [-0.39, 0.29) is 5.69 Å². The van der Waals surface area contributed by atoms with E-state index in [0.29, 0.717) is 12.6 Å². The van der Waals surface area contributed by atoms with Gasteiger partial charge >= 0.3 is 6.03 Å². The Kier molecular flexibility index (Phi) is 5.50. The maximum Gasteiger partial charge on any atom is 0.321 e. The fourth-order valence-electron chi connectivity index (χ4n) is 2.42. The number of amides is 2. The average Bonchev–Trinajstić information content (AvgIpc) is 2.48. The molecule has 0 aromatic heterocycles. The van der Waals surface area contributed by atoms with Crippen LogP contribution in [0.5, 0.6) is 0 Å². The smallest absolute Gasteiger partial charge is 0.321 e. The third-order valence-corrected chi connectivity index (χ3v) is 3.74. The third-order valence-electron chi connectivity index (χ3n) is 3.74. The highest BCUT2D eigenvalue weighted by Gasteiger charge is 2.16. The van der Waals surface area contributed by atoms with Gasteiger partial charge in [0.1, 0.15) is 11.6 Å². The van der Waals surface area contributed by atoms with Crippen LogP contribution in [0.1, 0.15) is 25.7 Å². The third kappa shape index (κ3) is 4.67. The number of hydrogen-bond acceptors (Lipinski definition) is 2. The molecule has 1 aromatic carbocycles. The lowest BCUT2D eigenvalue weighted by Gasteiger charge is -2.26. The zero-order chi connectivity index (χ0) is 15.2. The minimum atomic E-state index is -0.773. The number of urea groups is 1. The molecule has 1 aliphatic heterocycles. The van der Waals surface area contributed by atoms with Gasteiger partial charge in [-0.05, 0) is 37.9 Å². The van der Waals surface area contributed by atoms with Crippen molar-refractivity contribution < 1.29 is 13.6 Å². The van der Waals surface area contributed by atoms with Crippen LogP contribution in [0.2, 0.25) is 0 Å². The van der Waals surface area contributed by atoms with Gasteiger partial charge in [-0.3, -0.25) is 0 Å². The van der Waals surface area contributed by atoms with Crippen LogP contribution < -0.4 is 10.6 Å². The summed E-state index contributed by atoms with van der Waals surface area (Å²) in [5, 5.41) is 5.87. The molecule has 21 heavy (non-hydrogen) atoms. The molecular formula is C15H21F2N3O. The zero-order valence-corrected chi connectivity index (χ0v) is 12.2. The minimum Gasteiger partial charge on any atom is -0.328 e. The number of nitrogens with zero attached hydrogens (tertiary/aromatic N) is 1. The maximum atomic E-state index is 13.5. The van der Waals surface area contributed by atoms with Gasteiger partial charge in [-0.15, -0.1) is 0 Å². The second-order valence-corrected chi connectivity index (χ2v) is 5.41. The SMILES string of the molecule is CN(CCC1CCCCN1)C(=O)Nc1ccc(F)cc1F. The summed E-state index contributed by atoms with van der Waals surface area (Å²) in [5.41, 5.74) is -0.0101. The van der Waals surface area contributed by atoms with Gasteiger partial charge in [0.2, 0.25) is 0 Å². The van der Waals surface area contributed by atoms with Gasteiger partial charge in [0.25, 0.3) is 0 Å². The van der Waals surface area contributed by atoms with Crippen molar-refractivity contribution in [2.24, 2.45) is 0 Å². The normalized spacial score (nSPS) is 18.3. The molecule has 1 saturated heterocycles. The summed E-state index contributed by atoms with van der Waals surface area (Å²) in [6.07, 6.45) is 4.42. The molecule has 1 unspecified atom stereocenters. The zero-order valence-electron chi connectivity index (χ0n) is 12.2. The lowest BCUT2D eigenvalue weighted by atomic mass is 10.0. The van der Waals surface area contributed by atoms with Crippen LogP contribution in [0, 0.1) is 11.6 Å². The molecule has 2 amide bonds. The Hall–Kier alpha value is -1.69. The minimum absolute atomic E-state index is 0.0101. The molecule has 2 rings (SSSR count). The second-order valence-electron chi connectivity index (χ2n) is 5.41. The highest BCUT2D eigenvalue weighted by molar-refractivity contribution is 5.89. The van der Waals surface area contributed by atoms with Crippen molar-refractivity contribution >= 4 is 11.7 Å².